The lowest BCUT2D eigenvalue weighted by Gasteiger charge is -2.23. The van der Waals surface area contributed by atoms with Crippen molar-refractivity contribution in [1.29, 1.82) is 0 Å². The Bertz CT molecular complexity index is 856. The number of methoxy groups -OCH3 is 1. The van der Waals surface area contributed by atoms with Crippen molar-refractivity contribution in [1.82, 2.24) is 19.9 Å². The van der Waals surface area contributed by atoms with E-state index in [1.54, 1.807) is 20.2 Å². The molecule has 0 unspecified atom stereocenters. The summed E-state index contributed by atoms with van der Waals surface area (Å²) >= 11 is 0. The lowest BCUT2D eigenvalue weighted by atomic mass is 10.2. The molecule has 1 heterocycles. The Balaban J connectivity index is 1.86. The van der Waals surface area contributed by atoms with Crippen molar-refractivity contribution < 1.29 is 13.2 Å². The zero-order chi connectivity index (χ0) is 19.7. The van der Waals surface area contributed by atoms with Crippen LogP contribution in [0.4, 0.5) is 0 Å². The minimum atomic E-state index is -3.57. The number of nitrogens with zero attached hydrogens (tertiary/aromatic N) is 3. The molecule has 1 aromatic carbocycles. The number of hydrogen-bond acceptors (Lipinski definition) is 5. The van der Waals surface area contributed by atoms with Crippen LogP contribution in [0.2, 0.25) is 0 Å². The number of nitrogens with one attached hydrogen (secondary N) is 2. The summed E-state index contributed by atoms with van der Waals surface area (Å²) in [4.78, 5) is 10.1. The van der Waals surface area contributed by atoms with Gasteiger partial charge in [0.15, 0.2) is 5.96 Å². The van der Waals surface area contributed by atoms with Crippen molar-refractivity contribution in [2.24, 2.45) is 4.99 Å². The molecule has 0 aliphatic carbocycles. The molecule has 2 aromatic rings. The van der Waals surface area contributed by atoms with E-state index in [0.717, 1.165) is 11.3 Å². The average molecular weight is 391 g/mol. The van der Waals surface area contributed by atoms with E-state index in [9.17, 15) is 8.42 Å². The van der Waals surface area contributed by atoms with Crippen LogP contribution in [-0.2, 0) is 16.6 Å². The van der Waals surface area contributed by atoms with Crippen LogP contribution < -0.4 is 14.8 Å². The number of guanidine groups is 1. The molecule has 146 valence electrons. The van der Waals surface area contributed by atoms with Gasteiger partial charge >= 0.3 is 0 Å². The molecule has 8 nitrogen and oxygen atoms in total. The molecule has 0 aliphatic rings. The first-order chi connectivity index (χ1) is 13.0. The zero-order valence-electron chi connectivity index (χ0n) is 15.7. The third-order valence-corrected chi connectivity index (χ3v) is 5.26. The number of benzene rings is 1. The summed E-state index contributed by atoms with van der Waals surface area (Å²) < 4.78 is 32.2. The number of ether oxygens (including phenoxy) is 1. The number of para-hydroxylation sites is 1. The van der Waals surface area contributed by atoms with Gasteiger partial charge in [0.25, 0.3) is 0 Å². The summed E-state index contributed by atoms with van der Waals surface area (Å²) in [7, 11) is 1.66. The Morgan fingerprint density at radius 3 is 2.67 bits per heavy atom. The smallest absolute Gasteiger partial charge is 0.242 e. The molecule has 0 atom stereocenters. The third kappa shape index (κ3) is 5.93. The summed E-state index contributed by atoms with van der Waals surface area (Å²) in [6, 6.07) is 10.9. The number of pyridine rings is 1. The maximum atomic E-state index is 12.2. The normalized spacial score (nSPS) is 11.9. The predicted molar refractivity (Wildman–Crippen MR) is 105 cm³/mol. The van der Waals surface area contributed by atoms with Gasteiger partial charge in [0.1, 0.15) is 10.6 Å². The largest absolute Gasteiger partial charge is 0.496 e. The Labute approximate surface area is 160 Å². The molecule has 1 aromatic heterocycles. The van der Waals surface area contributed by atoms with E-state index in [2.05, 4.69) is 20.0 Å². The first kappa shape index (κ1) is 20.7. The lowest BCUT2D eigenvalue weighted by Crippen LogP contribution is -2.42. The van der Waals surface area contributed by atoms with Gasteiger partial charge in [0.2, 0.25) is 10.0 Å². The highest BCUT2D eigenvalue weighted by Crippen LogP contribution is 2.18. The molecule has 0 saturated heterocycles. The number of aliphatic imine (C=N–C) groups is 1. The van der Waals surface area contributed by atoms with Gasteiger partial charge in [-0.3, -0.25) is 9.98 Å². The molecule has 9 heteroatoms. The van der Waals surface area contributed by atoms with Gasteiger partial charge in [-0.15, -0.1) is 0 Å². The molecule has 0 spiro atoms. The van der Waals surface area contributed by atoms with E-state index in [1.807, 2.05) is 36.2 Å². The first-order valence-corrected chi connectivity index (χ1v) is 9.89. The molecule has 2 rings (SSSR count). The van der Waals surface area contributed by atoms with Crippen molar-refractivity contribution in [2.45, 2.75) is 11.4 Å². The Kier molecular flexibility index (Phi) is 7.56. The van der Waals surface area contributed by atoms with Crippen molar-refractivity contribution in [3.63, 3.8) is 0 Å². The molecular weight excluding hydrogens is 366 g/mol. The van der Waals surface area contributed by atoms with E-state index in [4.69, 9.17) is 4.74 Å². The van der Waals surface area contributed by atoms with Crippen LogP contribution in [0, 0.1) is 0 Å². The predicted octanol–water partition coefficient (Wildman–Crippen LogP) is 1.08. The van der Waals surface area contributed by atoms with E-state index < -0.39 is 10.0 Å². The minimum absolute atomic E-state index is 0.141. The van der Waals surface area contributed by atoms with Crippen LogP contribution >= 0.6 is 0 Å². The second-order valence-electron chi connectivity index (χ2n) is 5.73. The molecule has 0 aliphatic heterocycles. The number of sulfonamides is 1. The van der Waals surface area contributed by atoms with Gasteiger partial charge in [-0.1, -0.05) is 18.2 Å². The van der Waals surface area contributed by atoms with Gasteiger partial charge in [-0.2, -0.15) is 0 Å². The highest BCUT2D eigenvalue weighted by molar-refractivity contribution is 7.89. The summed E-state index contributed by atoms with van der Waals surface area (Å²) in [6.45, 7) is 1.21. The fourth-order valence-corrected chi connectivity index (χ4v) is 3.49. The summed E-state index contributed by atoms with van der Waals surface area (Å²) in [6.07, 6.45) is 2.85. The third-order valence-electron chi connectivity index (χ3n) is 3.82. The summed E-state index contributed by atoms with van der Waals surface area (Å²) in [5, 5.41) is 3.14. The molecule has 0 amide bonds. The van der Waals surface area contributed by atoms with E-state index >= 15 is 0 Å². The van der Waals surface area contributed by atoms with Crippen LogP contribution in [0.15, 0.2) is 58.7 Å². The fraction of sp³-hybridized carbons (Fsp3) is 0.333. The molecular formula is C18H25N5O3S. The van der Waals surface area contributed by atoms with Crippen LogP contribution in [0.5, 0.6) is 5.75 Å². The highest BCUT2D eigenvalue weighted by atomic mass is 32.2. The number of rotatable bonds is 8. The molecule has 27 heavy (non-hydrogen) atoms. The quantitative estimate of drug-likeness (QED) is 0.397. The van der Waals surface area contributed by atoms with E-state index in [0.29, 0.717) is 19.0 Å². The van der Waals surface area contributed by atoms with E-state index in [1.165, 1.54) is 18.5 Å². The molecule has 0 radical (unpaired) electrons. The lowest BCUT2D eigenvalue weighted by molar-refractivity contribution is 0.396. The molecule has 2 N–H and O–H groups in total. The van der Waals surface area contributed by atoms with Gasteiger partial charge < -0.3 is 15.0 Å². The number of aromatic nitrogens is 1. The maximum Gasteiger partial charge on any atom is 0.242 e. The van der Waals surface area contributed by atoms with E-state index in [-0.39, 0.29) is 11.4 Å². The Morgan fingerprint density at radius 1 is 1.22 bits per heavy atom. The second-order valence-corrected chi connectivity index (χ2v) is 7.50. The van der Waals surface area contributed by atoms with Crippen LogP contribution in [-0.4, -0.2) is 58.6 Å². The van der Waals surface area contributed by atoms with Gasteiger partial charge in [-0.25, -0.2) is 13.1 Å². The zero-order valence-corrected chi connectivity index (χ0v) is 16.5. The van der Waals surface area contributed by atoms with Crippen molar-refractivity contribution >= 4 is 16.0 Å². The Hall–Kier alpha value is -2.65. The maximum absolute atomic E-state index is 12.2. The minimum Gasteiger partial charge on any atom is -0.496 e. The molecule has 0 bridgehead atoms. The van der Waals surface area contributed by atoms with Crippen molar-refractivity contribution in [2.75, 3.05) is 34.3 Å². The highest BCUT2D eigenvalue weighted by Gasteiger charge is 2.14. The van der Waals surface area contributed by atoms with Crippen LogP contribution in [0.1, 0.15) is 5.56 Å². The average Bonchev–Trinajstić information content (AvgIpc) is 2.69. The summed E-state index contributed by atoms with van der Waals surface area (Å²) in [5.74, 6) is 1.46. The van der Waals surface area contributed by atoms with Crippen LogP contribution in [0.25, 0.3) is 0 Å². The SMILES string of the molecule is CN=C(NCCNS(=O)(=O)c1cccnc1)N(C)Cc1ccccc1OC. The van der Waals surface area contributed by atoms with Crippen molar-refractivity contribution in [3.8, 4) is 5.75 Å². The van der Waals surface area contributed by atoms with Gasteiger partial charge in [0, 0.05) is 51.7 Å². The monoisotopic (exact) mass is 391 g/mol. The topological polar surface area (TPSA) is 95.9 Å². The molecule has 0 saturated carbocycles. The fourth-order valence-electron chi connectivity index (χ4n) is 2.50. The second kappa shape index (κ2) is 9.89. The van der Waals surface area contributed by atoms with Crippen molar-refractivity contribution in [3.05, 3.63) is 54.4 Å². The van der Waals surface area contributed by atoms with Crippen LogP contribution in [0.3, 0.4) is 0 Å². The number of hydrogen-bond donors (Lipinski definition) is 2. The van der Waals surface area contributed by atoms with Gasteiger partial charge in [-0.05, 0) is 18.2 Å². The summed E-state index contributed by atoms with van der Waals surface area (Å²) in [5.41, 5.74) is 1.03. The standard InChI is InChI=1S/C18H25N5O3S/c1-19-18(23(2)14-15-7-4-5-9-17(15)26-3)21-11-12-22-27(24,25)16-8-6-10-20-13-16/h4-10,13,22H,11-12,14H2,1-3H3,(H,19,21). The Morgan fingerprint density at radius 2 is 2.00 bits per heavy atom. The molecule has 0 fully saturated rings. The van der Waals surface area contributed by atoms with Gasteiger partial charge in [0.05, 0.1) is 7.11 Å². The first-order valence-electron chi connectivity index (χ1n) is 8.41.